The van der Waals surface area contributed by atoms with Crippen molar-refractivity contribution in [3.05, 3.63) is 0 Å². The monoisotopic (exact) mass is 302 g/mol. The number of carbonyl (C=O) groups excluding carboxylic acids is 2. The molecule has 0 aromatic rings. The number of hydrogen-bond donors (Lipinski definition) is 2. The number of ether oxygens (including phenoxy) is 1. The molecule has 0 unspecified atom stereocenters. The fraction of sp³-hybridized carbons (Fsp3) is 0.875. The van der Waals surface area contributed by atoms with E-state index in [1.165, 1.54) is 38.5 Å². The van der Waals surface area contributed by atoms with Crippen LogP contribution in [-0.2, 0) is 14.3 Å². The molecule has 0 rings (SSSR count). The Balaban J connectivity index is 0. The van der Waals surface area contributed by atoms with Crippen LogP contribution in [0.15, 0.2) is 0 Å². The highest BCUT2D eigenvalue weighted by Gasteiger charge is 1.96. The molecule has 0 aliphatic heterocycles. The first-order chi connectivity index (χ1) is 10.0. The van der Waals surface area contributed by atoms with E-state index in [4.69, 9.17) is 16.2 Å². The van der Waals surface area contributed by atoms with E-state index < -0.39 is 0 Å². The van der Waals surface area contributed by atoms with Crippen molar-refractivity contribution in [2.75, 3.05) is 13.2 Å². The molecule has 0 aliphatic carbocycles. The van der Waals surface area contributed by atoms with Crippen LogP contribution in [0.5, 0.6) is 0 Å². The van der Waals surface area contributed by atoms with E-state index in [9.17, 15) is 9.59 Å². The van der Waals surface area contributed by atoms with Gasteiger partial charge in [0.15, 0.2) is 0 Å². The topological polar surface area (TPSA) is 95.4 Å². The number of hydrogen-bond acceptors (Lipinski definition) is 3. The number of nitrogens with two attached hydrogens (primary N) is 2. The molecule has 0 aliphatic rings. The average molecular weight is 302 g/mol. The molecule has 0 saturated carbocycles. The molecule has 21 heavy (non-hydrogen) atoms. The van der Waals surface area contributed by atoms with E-state index in [0.717, 1.165) is 13.2 Å². The van der Waals surface area contributed by atoms with Crippen LogP contribution in [0.3, 0.4) is 0 Å². The van der Waals surface area contributed by atoms with E-state index >= 15 is 0 Å². The highest BCUT2D eigenvalue weighted by atomic mass is 16.5. The van der Waals surface area contributed by atoms with Crippen molar-refractivity contribution in [3.63, 3.8) is 0 Å². The summed E-state index contributed by atoms with van der Waals surface area (Å²) in [5, 5.41) is 0. The summed E-state index contributed by atoms with van der Waals surface area (Å²) in [6, 6.07) is 0. The van der Waals surface area contributed by atoms with Gasteiger partial charge in [0.25, 0.3) is 0 Å². The van der Waals surface area contributed by atoms with Crippen LogP contribution in [0, 0.1) is 0 Å². The third-order valence-corrected chi connectivity index (χ3v) is 2.88. The van der Waals surface area contributed by atoms with Gasteiger partial charge in [-0.05, 0) is 25.7 Å². The quantitative estimate of drug-likeness (QED) is 0.512. The van der Waals surface area contributed by atoms with Crippen LogP contribution in [0.25, 0.3) is 0 Å². The molecule has 4 N–H and O–H groups in total. The molecule has 0 radical (unpaired) electrons. The Hall–Kier alpha value is -1.10. The summed E-state index contributed by atoms with van der Waals surface area (Å²) >= 11 is 0. The molecule has 5 heteroatoms. The van der Waals surface area contributed by atoms with Crippen molar-refractivity contribution >= 4 is 11.8 Å². The van der Waals surface area contributed by atoms with E-state index in [2.05, 4.69) is 13.8 Å². The predicted octanol–water partition coefficient (Wildman–Crippen LogP) is 2.90. The fourth-order valence-corrected chi connectivity index (χ4v) is 1.61. The molecule has 0 atom stereocenters. The standard InChI is InChI=1S/C10H22O.C6H12N2O2/c1-3-5-7-9-11-10-8-6-4-2;7-5(9)3-1-2-4-6(8)10/h3-10H2,1-2H3;1-4H2,(H2,7,9)(H2,8,10). The molecule has 0 aromatic carbocycles. The fourth-order valence-electron chi connectivity index (χ4n) is 1.61. The van der Waals surface area contributed by atoms with Gasteiger partial charge in [0.1, 0.15) is 0 Å². The normalized spacial score (nSPS) is 9.81. The average Bonchev–Trinajstić information content (AvgIpc) is 2.43. The van der Waals surface area contributed by atoms with Gasteiger partial charge < -0.3 is 16.2 Å². The number of primary amides is 2. The minimum atomic E-state index is -0.329. The Morgan fingerprint density at radius 1 is 0.714 bits per heavy atom. The largest absolute Gasteiger partial charge is 0.381 e. The highest BCUT2D eigenvalue weighted by molar-refractivity contribution is 5.74. The van der Waals surface area contributed by atoms with Crippen LogP contribution in [0.4, 0.5) is 0 Å². The Bertz CT molecular complexity index is 222. The summed E-state index contributed by atoms with van der Waals surface area (Å²) in [6.07, 6.45) is 9.67. The number of unbranched alkanes of at least 4 members (excludes halogenated alkanes) is 5. The lowest BCUT2D eigenvalue weighted by Crippen LogP contribution is -2.12. The molecular formula is C16H34N2O3. The van der Waals surface area contributed by atoms with Gasteiger partial charge >= 0.3 is 0 Å². The zero-order valence-electron chi connectivity index (χ0n) is 13.9. The summed E-state index contributed by atoms with van der Waals surface area (Å²) in [5.74, 6) is -0.658. The first-order valence-electron chi connectivity index (χ1n) is 8.18. The van der Waals surface area contributed by atoms with Gasteiger partial charge in [-0.2, -0.15) is 0 Å². The molecule has 0 spiro atoms. The lowest BCUT2D eigenvalue weighted by atomic mass is 10.2. The lowest BCUT2D eigenvalue weighted by molar-refractivity contribution is -0.119. The van der Waals surface area contributed by atoms with Crippen molar-refractivity contribution in [1.82, 2.24) is 0 Å². The van der Waals surface area contributed by atoms with Crippen molar-refractivity contribution < 1.29 is 14.3 Å². The molecular weight excluding hydrogens is 268 g/mol. The summed E-state index contributed by atoms with van der Waals surface area (Å²) < 4.78 is 5.44. The highest BCUT2D eigenvalue weighted by Crippen LogP contribution is 1.98. The minimum absolute atomic E-state index is 0.329. The third-order valence-electron chi connectivity index (χ3n) is 2.88. The molecule has 0 heterocycles. The van der Waals surface area contributed by atoms with Gasteiger partial charge in [0.05, 0.1) is 0 Å². The molecule has 0 aromatic heterocycles. The van der Waals surface area contributed by atoms with Gasteiger partial charge in [-0.3, -0.25) is 9.59 Å². The van der Waals surface area contributed by atoms with Gasteiger partial charge in [-0.25, -0.2) is 0 Å². The Labute approximate surface area is 129 Å². The lowest BCUT2D eigenvalue weighted by Gasteiger charge is -2.01. The Kier molecular flexibility index (Phi) is 20.0. The van der Waals surface area contributed by atoms with Crippen molar-refractivity contribution in [2.24, 2.45) is 11.5 Å². The van der Waals surface area contributed by atoms with Gasteiger partial charge in [0.2, 0.25) is 11.8 Å². The van der Waals surface area contributed by atoms with Crippen LogP contribution < -0.4 is 11.5 Å². The predicted molar refractivity (Wildman–Crippen MR) is 86.7 cm³/mol. The SMILES string of the molecule is CCCCCOCCCCC.NC(=O)CCCCC(N)=O. The van der Waals surface area contributed by atoms with Crippen molar-refractivity contribution in [3.8, 4) is 0 Å². The first-order valence-corrected chi connectivity index (χ1v) is 8.18. The zero-order chi connectivity index (χ0) is 16.3. The number of carbonyl (C=O) groups is 2. The minimum Gasteiger partial charge on any atom is -0.381 e. The summed E-state index contributed by atoms with van der Waals surface area (Å²) in [4.78, 5) is 20.3. The van der Waals surface area contributed by atoms with E-state index in [1.807, 2.05) is 0 Å². The molecule has 0 saturated heterocycles. The first kappa shape index (κ1) is 22.2. The molecule has 5 nitrogen and oxygen atoms in total. The molecule has 0 fully saturated rings. The van der Waals surface area contributed by atoms with Gasteiger partial charge in [-0.1, -0.05) is 39.5 Å². The van der Waals surface area contributed by atoms with Gasteiger partial charge in [0, 0.05) is 26.1 Å². The zero-order valence-corrected chi connectivity index (χ0v) is 13.9. The maximum Gasteiger partial charge on any atom is 0.217 e. The maximum atomic E-state index is 10.2. The maximum absolute atomic E-state index is 10.2. The summed E-state index contributed by atoms with van der Waals surface area (Å²) in [5.41, 5.74) is 9.71. The summed E-state index contributed by atoms with van der Waals surface area (Å²) in [6.45, 7) is 6.38. The van der Waals surface area contributed by atoms with Crippen LogP contribution in [0.2, 0.25) is 0 Å². The van der Waals surface area contributed by atoms with Crippen molar-refractivity contribution in [1.29, 1.82) is 0 Å². The van der Waals surface area contributed by atoms with E-state index in [-0.39, 0.29) is 11.8 Å². The summed E-state index contributed by atoms with van der Waals surface area (Å²) in [7, 11) is 0. The number of amides is 2. The van der Waals surface area contributed by atoms with Gasteiger partial charge in [-0.15, -0.1) is 0 Å². The number of rotatable bonds is 13. The van der Waals surface area contributed by atoms with Crippen molar-refractivity contribution in [2.45, 2.75) is 78.1 Å². The third kappa shape index (κ3) is 27.9. The smallest absolute Gasteiger partial charge is 0.217 e. The van der Waals surface area contributed by atoms with Crippen LogP contribution >= 0.6 is 0 Å². The Morgan fingerprint density at radius 2 is 1.10 bits per heavy atom. The van der Waals surface area contributed by atoms with Crippen LogP contribution in [-0.4, -0.2) is 25.0 Å². The second-order valence-electron chi connectivity index (χ2n) is 5.17. The second-order valence-corrected chi connectivity index (χ2v) is 5.17. The molecule has 2 amide bonds. The Morgan fingerprint density at radius 3 is 1.38 bits per heavy atom. The van der Waals surface area contributed by atoms with E-state index in [1.54, 1.807) is 0 Å². The molecule has 0 bridgehead atoms. The van der Waals surface area contributed by atoms with E-state index in [0.29, 0.717) is 25.7 Å². The molecule has 126 valence electrons. The van der Waals surface area contributed by atoms with Crippen LogP contribution in [0.1, 0.15) is 78.1 Å². The second kappa shape index (κ2) is 18.9.